The molecule has 0 unspecified atom stereocenters. The van der Waals surface area contributed by atoms with Gasteiger partial charge in [-0.25, -0.2) is 9.97 Å². The second kappa shape index (κ2) is 10.5. The predicted octanol–water partition coefficient (Wildman–Crippen LogP) is 3.27. The lowest BCUT2D eigenvalue weighted by atomic mass is 10.2. The third kappa shape index (κ3) is 8.17. The van der Waals surface area contributed by atoms with Crippen molar-refractivity contribution in [2.24, 2.45) is 4.99 Å². The lowest BCUT2D eigenvalue weighted by molar-refractivity contribution is -0.154. The first kappa shape index (κ1) is 22.4. The average molecular weight is 501 g/mol. The van der Waals surface area contributed by atoms with Crippen molar-refractivity contribution >= 4 is 41.3 Å². The molecule has 0 bridgehead atoms. The summed E-state index contributed by atoms with van der Waals surface area (Å²) in [6.07, 6.45) is -1.19. The predicted molar refractivity (Wildman–Crippen MR) is 105 cm³/mol. The first-order chi connectivity index (χ1) is 11.9. The molecular weight excluding hydrogens is 482 g/mol. The molecule has 0 aromatic carbocycles. The SMILES string of the molecule is CN=C(NCc1ccnc(OCC(F)(F)F)c1)NCc1ncc(C)s1.I. The van der Waals surface area contributed by atoms with Gasteiger partial charge in [0.25, 0.3) is 0 Å². The number of hydrogen-bond donors (Lipinski definition) is 2. The van der Waals surface area contributed by atoms with Crippen molar-refractivity contribution in [1.29, 1.82) is 0 Å². The Balaban J connectivity index is 0.00000338. The van der Waals surface area contributed by atoms with Crippen molar-refractivity contribution in [1.82, 2.24) is 20.6 Å². The van der Waals surface area contributed by atoms with Gasteiger partial charge in [-0.2, -0.15) is 13.2 Å². The molecular formula is C15H19F3IN5OS. The van der Waals surface area contributed by atoms with Gasteiger partial charge in [0, 0.05) is 36.9 Å². The molecule has 144 valence electrons. The number of guanidine groups is 1. The molecule has 0 fully saturated rings. The lowest BCUT2D eigenvalue weighted by Gasteiger charge is -2.12. The second-order valence-corrected chi connectivity index (χ2v) is 6.37. The molecule has 2 aromatic rings. The lowest BCUT2D eigenvalue weighted by Crippen LogP contribution is -2.36. The molecule has 2 N–H and O–H groups in total. The highest BCUT2D eigenvalue weighted by molar-refractivity contribution is 14.0. The number of aliphatic imine (C=N–C) groups is 1. The summed E-state index contributed by atoms with van der Waals surface area (Å²) in [5.41, 5.74) is 0.722. The Morgan fingerprint density at radius 1 is 1.27 bits per heavy atom. The van der Waals surface area contributed by atoms with Gasteiger partial charge in [0.2, 0.25) is 5.88 Å². The molecule has 2 aromatic heterocycles. The van der Waals surface area contributed by atoms with E-state index in [0.29, 0.717) is 19.0 Å². The number of hydrogen-bond acceptors (Lipinski definition) is 5. The zero-order valence-electron chi connectivity index (χ0n) is 14.1. The topological polar surface area (TPSA) is 71.4 Å². The molecule has 0 saturated heterocycles. The normalized spacial score (nSPS) is 11.7. The molecule has 2 heterocycles. The van der Waals surface area contributed by atoms with E-state index in [9.17, 15) is 13.2 Å². The van der Waals surface area contributed by atoms with E-state index in [4.69, 9.17) is 0 Å². The zero-order valence-corrected chi connectivity index (χ0v) is 17.3. The number of rotatable bonds is 6. The first-order valence-electron chi connectivity index (χ1n) is 7.36. The smallest absolute Gasteiger partial charge is 0.422 e. The van der Waals surface area contributed by atoms with Crippen LogP contribution in [0.2, 0.25) is 0 Å². The minimum absolute atomic E-state index is 0. The fourth-order valence-electron chi connectivity index (χ4n) is 1.84. The fraction of sp³-hybridized carbons (Fsp3) is 0.400. The Labute approximate surface area is 170 Å². The maximum atomic E-state index is 12.2. The highest BCUT2D eigenvalue weighted by atomic mass is 127. The Kier molecular flexibility index (Phi) is 9.05. The monoisotopic (exact) mass is 501 g/mol. The van der Waals surface area contributed by atoms with E-state index in [1.807, 2.05) is 6.92 Å². The molecule has 0 aliphatic heterocycles. The quantitative estimate of drug-likeness (QED) is 0.362. The maximum absolute atomic E-state index is 12.2. The van der Waals surface area contributed by atoms with Crippen molar-refractivity contribution < 1.29 is 17.9 Å². The van der Waals surface area contributed by atoms with Crippen LogP contribution in [0.1, 0.15) is 15.4 Å². The number of thiazole rings is 1. The minimum Gasteiger partial charge on any atom is -0.468 e. The van der Waals surface area contributed by atoms with Crippen molar-refractivity contribution in [3.8, 4) is 5.88 Å². The summed E-state index contributed by atoms with van der Waals surface area (Å²) in [4.78, 5) is 13.2. The zero-order chi connectivity index (χ0) is 18.3. The van der Waals surface area contributed by atoms with Crippen LogP contribution in [0.5, 0.6) is 5.88 Å². The molecule has 6 nitrogen and oxygen atoms in total. The van der Waals surface area contributed by atoms with Crippen LogP contribution < -0.4 is 15.4 Å². The van der Waals surface area contributed by atoms with E-state index >= 15 is 0 Å². The minimum atomic E-state index is -4.39. The van der Waals surface area contributed by atoms with Crippen LogP contribution in [-0.4, -0.2) is 35.8 Å². The van der Waals surface area contributed by atoms with E-state index in [-0.39, 0.29) is 29.9 Å². The second-order valence-electron chi connectivity index (χ2n) is 5.05. The largest absolute Gasteiger partial charge is 0.468 e. The summed E-state index contributed by atoms with van der Waals surface area (Å²) in [6, 6.07) is 3.14. The molecule has 0 spiro atoms. The van der Waals surface area contributed by atoms with Crippen LogP contribution in [0, 0.1) is 6.92 Å². The van der Waals surface area contributed by atoms with Crippen LogP contribution in [-0.2, 0) is 13.1 Å². The first-order valence-corrected chi connectivity index (χ1v) is 8.17. The number of alkyl halides is 3. The Bertz CT molecular complexity index is 723. The van der Waals surface area contributed by atoms with Crippen LogP contribution >= 0.6 is 35.3 Å². The van der Waals surface area contributed by atoms with Gasteiger partial charge in [0.15, 0.2) is 12.6 Å². The standard InChI is InChI=1S/C15H18F3N5OS.HI/c1-10-6-21-13(25-10)8-23-14(19-2)22-7-11-3-4-20-12(5-11)24-9-15(16,17)18;/h3-6H,7-9H2,1-2H3,(H2,19,22,23);1H. The molecule has 0 amide bonds. The Morgan fingerprint density at radius 2 is 2.00 bits per heavy atom. The van der Waals surface area contributed by atoms with Crippen LogP contribution in [0.3, 0.4) is 0 Å². The van der Waals surface area contributed by atoms with Crippen molar-refractivity contribution in [3.05, 3.63) is 40.0 Å². The third-order valence-electron chi connectivity index (χ3n) is 2.94. The number of pyridine rings is 1. The van der Waals surface area contributed by atoms with Gasteiger partial charge in [-0.1, -0.05) is 0 Å². The van der Waals surface area contributed by atoms with Crippen molar-refractivity contribution in [2.45, 2.75) is 26.2 Å². The highest BCUT2D eigenvalue weighted by Crippen LogP contribution is 2.17. The number of nitrogens with one attached hydrogen (secondary N) is 2. The van der Waals surface area contributed by atoms with Crippen LogP contribution in [0.15, 0.2) is 29.5 Å². The van der Waals surface area contributed by atoms with Gasteiger partial charge in [-0.15, -0.1) is 35.3 Å². The molecule has 0 radical (unpaired) electrons. The van der Waals surface area contributed by atoms with Crippen molar-refractivity contribution in [3.63, 3.8) is 0 Å². The number of aryl methyl sites for hydroxylation is 1. The number of ether oxygens (including phenoxy) is 1. The average Bonchev–Trinajstić information content (AvgIpc) is 2.98. The number of aromatic nitrogens is 2. The highest BCUT2D eigenvalue weighted by Gasteiger charge is 2.28. The van der Waals surface area contributed by atoms with Gasteiger partial charge >= 0.3 is 6.18 Å². The van der Waals surface area contributed by atoms with E-state index in [0.717, 1.165) is 15.4 Å². The molecule has 26 heavy (non-hydrogen) atoms. The fourth-order valence-corrected chi connectivity index (χ4v) is 2.57. The molecule has 2 rings (SSSR count). The van der Waals surface area contributed by atoms with E-state index in [2.05, 4.69) is 30.3 Å². The van der Waals surface area contributed by atoms with E-state index in [1.54, 1.807) is 30.6 Å². The van der Waals surface area contributed by atoms with Gasteiger partial charge in [0.1, 0.15) is 5.01 Å². The van der Waals surface area contributed by atoms with Crippen LogP contribution in [0.4, 0.5) is 13.2 Å². The summed E-state index contributed by atoms with van der Waals surface area (Å²) in [6.45, 7) is 1.51. The van der Waals surface area contributed by atoms with Gasteiger partial charge < -0.3 is 15.4 Å². The number of halogens is 4. The summed E-state index contributed by atoms with van der Waals surface area (Å²) in [5, 5.41) is 7.13. The van der Waals surface area contributed by atoms with E-state index in [1.165, 1.54) is 12.3 Å². The molecule has 0 aliphatic carbocycles. The summed E-state index contributed by atoms with van der Waals surface area (Å²) >= 11 is 1.59. The van der Waals surface area contributed by atoms with Gasteiger partial charge in [-0.05, 0) is 18.6 Å². The third-order valence-corrected chi connectivity index (χ3v) is 3.86. The summed E-state index contributed by atoms with van der Waals surface area (Å²) < 4.78 is 41.2. The Hall–Kier alpha value is -1.63. The summed E-state index contributed by atoms with van der Waals surface area (Å²) in [5.74, 6) is 0.486. The Morgan fingerprint density at radius 3 is 2.62 bits per heavy atom. The number of nitrogens with zero attached hydrogens (tertiary/aromatic N) is 3. The molecule has 0 aliphatic rings. The maximum Gasteiger partial charge on any atom is 0.422 e. The van der Waals surface area contributed by atoms with E-state index < -0.39 is 12.8 Å². The van der Waals surface area contributed by atoms with Gasteiger partial charge in [0.05, 0.1) is 6.54 Å². The van der Waals surface area contributed by atoms with Gasteiger partial charge in [-0.3, -0.25) is 4.99 Å². The molecule has 11 heteroatoms. The van der Waals surface area contributed by atoms with Crippen LogP contribution in [0.25, 0.3) is 0 Å². The molecule has 0 saturated carbocycles. The molecule has 0 atom stereocenters. The summed E-state index contributed by atoms with van der Waals surface area (Å²) in [7, 11) is 1.63. The van der Waals surface area contributed by atoms with Crippen molar-refractivity contribution in [2.75, 3.05) is 13.7 Å².